The molecule has 7 heteroatoms. The first-order valence-electron chi connectivity index (χ1n) is 8.44. The van der Waals surface area contributed by atoms with Gasteiger partial charge < -0.3 is 10.2 Å². The number of halogens is 1. The number of benzene rings is 2. The van der Waals surface area contributed by atoms with Crippen LogP contribution in [0.15, 0.2) is 42.5 Å². The number of H-pyrrole nitrogens is 1. The van der Waals surface area contributed by atoms with E-state index in [0.29, 0.717) is 22.9 Å². The van der Waals surface area contributed by atoms with Gasteiger partial charge in [0.15, 0.2) is 5.82 Å². The molecule has 0 amide bonds. The number of aromatic amines is 1. The van der Waals surface area contributed by atoms with Crippen molar-refractivity contribution in [2.45, 2.75) is 33.4 Å². The molecule has 1 heterocycles. The molecule has 26 heavy (non-hydrogen) atoms. The molecule has 3 rings (SSSR count). The molecule has 2 N–H and O–H groups in total. The summed E-state index contributed by atoms with van der Waals surface area (Å²) in [4.78, 5) is 0. The predicted octanol–water partition coefficient (Wildman–Crippen LogP) is 4.79. The topological polar surface area (TPSA) is 54.9 Å². The Kier molecular flexibility index (Phi) is 5.96. The first-order valence-corrected chi connectivity index (χ1v) is 9.23. The standard InChI is InChI=1S/C19H21ClN4OS/c1-3-18-22-23-19(26)24(18)21-11-15-10-16(20)8-9-17(15)25-12-14-7-5-4-6-13(14)2/h4-10,21H,3,11-12H2,1-2H3,(H,23,26). The molecule has 2 aromatic carbocycles. The Bertz CT molecular complexity index is 951. The van der Waals surface area contributed by atoms with E-state index in [1.807, 2.05) is 37.3 Å². The van der Waals surface area contributed by atoms with E-state index in [-0.39, 0.29) is 0 Å². The quantitative estimate of drug-likeness (QED) is 0.571. The molecular weight excluding hydrogens is 368 g/mol. The van der Waals surface area contributed by atoms with Crippen LogP contribution in [-0.2, 0) is 19.6 Å². The second-order valence-electron chi connectivity index (χ2n) is 5.94. The third-order valence-corrected chi connectivity index (χ3v) is 4.66. The molecule has 3 aromatic rings. The van der Waals surface area contributed by atoms with E-state index in [1.165, 1.54) is 5.56 Å². The van der Waals surface area contributed by atoms with Gasteiger partial charge in [0.1, 0.15) is 12.4 Å². The van der Waals surface area contributed by atoms with Gasteiger partial charge in [-0.05, 0) is 48.5 Å². The molecule has 0 spiro atoms. The fraction of sp³-hybridized carbons (Fsp3) is 0.263. The van der Waals surface area contributed by atoms with Gasteiger partial charge in [0.2, 0.25) is 4.77 Å². The van der Waals surface area contributed by atoms with Crippen LogP contribution in [0.2, 0.25) is 5.02 Å². The number of ether oxygens (including phenoxy) is 1. The van der Waals surface area contributed by atoms with E-state index in [1.54, 1.807) is 4.68 Å². The first-order chi connectivity index (χ1) is 12.6. The highest BCUT2D eigenvalue weighted by Gasteiger charge is 2.09. The minimum atomic E-state index is 0.507. The molecule has 0 radical (unpaired) electrons. The molecule has 0 aliphatic rings. The second kappa shape index (κ2) is 8.38. The minimum Gasteiger partial charge on any atom is -0.489 e. The van der Waals surface area contributed by atoms with E-state index in [2.05, 4.69) is 34.7 Å². The van der Waals surface area contributed by atoms with Gasteiger partial charge in [-0.1, -0.05) is 42.8 Å². The summed E-state index contributed by atoms with van der Waals surface area (Å²) in [6, 6.07) is 13.8. The van der Waals surface area contributed by atoms with Crippen LogP contribution in [0.3, 0.4) is 0 Å². The number of hydrogen-bond acceptors (Lipinski definition) is 4. The van der Waals surface area contributed by atoms with Crippen molar-refractivity contribution in [1.82, 2.24) is 14.9 Å². The van der Waals surface area contributed by atoms with Crippen LogP contribution in [-0.4, -0.2) is 14.9 Å². The first kappa shape index (κ1) is 18.5. The van der Waals surface area contributed by atoms with Crippen LogP contribution < -0.4 is 10.2 Å². The monoisotopic (exact) mass is 388 g/mol. The van der Waals surface area contributed by atoms with Gasteiger partial charge in [0, 0.05) is 17.0 Å². The molecule has 0 unspecified atom stereocenters. The summed E-state index contributed by atoms with van der Waals surface area (Å²) in [7, 11) is 0. The summed E-state index contributed by atoms with van der Waals surface area (Å²) < 4.78 is 8.37. The zero-order chi connectivity index (χ0) is 18.5. The molecule has 1 aromatic heterocycles. The van der Waals surface area contributed by atoms with Crippen molar-refractivity contribution in [2.24, 2.45) is 0 Å². The van der Waals surface area contributed by atoms with E-state index < -0.39 is 0 Å². The smallest absolute Gasteiger partial charge is 0.214 e. The summed E-state index contributed by atoms with van der Waals surface area (Å²) in [6.07, 6.45) is 0.770. The fourth-order valence-corrected chi connectivity index (χ4v) is 3.06. The second-order valence-corrected chi connectivity index (χ2v) is 6.76. The summed E-state index contributed by atoms with van der Waals surface area (Å²) in [5.74, 6) is 1.64. The van der Waals surface area contributed by atoms with Crippen LogP contribution in [0, 0.1) is 11.7 Å². The zero-order valence-electron chi connectivity index (χ0n) is 14.8. The molecule has 0 fully saturated rings. The summed E-state index contributed by atoms with van der Waals surface area (Å²) >= 11 is 11.4. The maximum Gasteiger partial charge on any atom is 0.214 e. The number of nitrogens with zero attached hydrogens (tertiary/aromatic N) is 2. The average Bonchev–Trinajstić information content (AvgIpc) is 3.00. The van der Waals surface area contributed by atoms with Gasteiger partial charge >= 0.3 is 0 Å². The maximum absolute atomic E-state index is 6.18. The number of aryl methyl sites for hydroxylation is 2. The van der Waals surface area contributed by atoms with Crippen LogP contribution in [0.4, 0.5) is 0 Å². The number of aromatic nitrogens is 3. The molecule has 0 atom stereocenters. The lowest BCUT2D eigenvalue weighted by molar-refractivity contribution is 0.302. The highest BCUT2D eigenvalue weighted by atomic mass is 35.5. The average molecular weight is 389 g/mol. The third-order valence-electron chi connectivity index (χ3n) is 4.15. The van der Waals surface area contributed by atoms with Crippen LogP contribution in [0.5, 0.6) is 5.75 Å². The van der Waals surface area contributed by atoms with Crippen LogP contribution >= 0.6 is 23.8 Å². The predicted molar refractivity (Wildman–Crippen MR) is 107 cm³/mol. The Morgan fingerprint density at radius 2 is 2.04 bits per heavy atom. The number of rotatable bonds is 7. The van der Waals surface area contributed by atoms with Gasteiger partial charge in [-0.25, -0.2) is 4.68 Å². The number of hydrogen-bond donors (Lipinski definition) is 2. The Morgan fingerprint density at radius 1 is 1.23 bits per heavy atom. The van der Waals surface area contributed by atoms with Crippen molar-refractivity contribution in [3.05, 3.63) is 74.8 Å². The van der Waals surface area contributed by atoms with Crippen molar-refractivity contribution >= 4 is 23.8 Å². The van der Waals surface area contributed by atoms with E-state index in [4.69, 9.17) is 28.6 Å². The highest BCUT2D eigenvalue weighted by molar-refractivity contribution is 7.71. The largest absolute Gasteiger partial charge is 0.489 e. The van der Waals surface area contributed by atoms with Gasteiger partial charge in [-0.2, -0.15) is 5.10 Å². The van der Waals surface area contributed by atoms with Crippen molar-refractivity contribution < 1.29 is 4.74 Å². The van der Waals surface area contributed by atoms with Crippen molar-refractivity contribution in [3.63, 3.8) is 0 Å². The molecule has 0 aliphatic heterocycles. The highest BCUT2D eigenvalue weighted by Crippen LogP contribution is 2.24. The Hall–Kier alpha value is -2.31. The van der Waals surface area contributed by atoms with Crippen LogP contribution in [0.1, 0.15) is 29.4 Å². The number of nitrogens with one attached hydrogen (secondary N) is 2. The van der Waals surface area contributed by atoms with Crippen LogP contribution in [0.25, 0.3) is 0 Å². The third kappa shape index (κ3) is 4.26. The normalized spacial score (nSPS) is 10.7. The van der Waals surface area contributed by atoms with Gasteiger partial charge in [-0.3, -0.25) is 5.10 Å². The maximum atomic E-state index is 6.18. The SMILES string of the molecule is CCc1n[nH]c(=S)n1NCc1cc(Cl)ccc1OCc1ccccc1C. The molecule has 0 bridgehead atoms. The Labute approximate surface area is 162 Å². The lowest BCUT2D eigenvalue weighted by Gasteiger charge is -2.15. The van der Waals surface area contributed by atoms with Gasteiger partial charge in [0.25, 0.3) is 0 Å². The fourth-order valence-electron chi connectivity index (χ4n) is 2.65. The van der Waals surface area contributed by atoms with E-state index >= 15 is 0 Å². The Morgan fingerprint density at radius 3 is 2.81 bits per heavy atom. The molecular formula is C19H21ClN4OS. The Balaban J connectivity index is 1.76. The molecule has 0 aliphatic carbocycles. The van der Waals surface area contributed by atoms with E-state index in [0.717, 1.165) is 29.1 Å². The minimum absolute atomic E-state index is 0.507. The molecule has 136 valence electrons. The lowest BCUT2D eigenvalue weighted by atomic mass is 10.1. The van der Waals surface area contributed by atoms with Gasteiger partial charge in [0.05, 0.1) is 6.54 Å². The molecule has 0 saturated heterocycles. The summed E-state index contributed by atoms with van der Waals surface area (Å²) in [6.45, 7) is 5.13. The van der Waals surface area contributed by atoms with E-state index in [9.17, 15) is 0 Å². The summed E-state index contributed by atoms with van der Waals surface area (Å²) in [5, 5.41) is 7.66. The van der Waals surface area contributed by atoms with Gasteiger partial charge in [-0.15, -0.1) is 0 Å². The zero-order valence-corrected chi connectivity index (χ0v) is 16.3. The van der Waals surface area contributed by atoms with Crippen molar-refractivity contribution in [2.75, 3.05) is 5.43 Å². The lowest BCUT2D eigenvalue weighted by Crippen LogP contribution is -2.18. The molecule has 0 saturated carbocycles. The summed E-state index contributed by atoms with van der Waals surface area (Å²) in [5.41, 5.74) is 6.61. The van der Waals surface area contributed by atoms with Crippen molar-refractivity contribution in [3.8, 4) is 5.75 Å². The van der Waals surface area contributed by atoms with Crippen molar-refractivity contribution in [1.29, 1.82) is 0 Å². The molecule has 5 nitrogen and oxygen atoms in total.